The number of hydrogen-bond donors (Lipinski definition) is 1. The van der Waals surface area contributed by atoms with Crippen LogP contribution < -0.4 is 5.73 Å². The Balaban J connectivity index is 1.81. The molecule has 1 aliphatic rings. The molecule has 0 spiro atoms. The van der Waals surface area contributed by atoms with Crippen molar-refractivity contribution in [3.63, 3.8) is 0 Å². The first-order valence-corrected chi connectivity index (χ1v) is 8.20. The molecule has 3 nitrogen and oxygen atoms in total. The number of carbonyl (C=O) groups excluding carboxylic acids is 1. The molecule has 0 aliphatic carbocycles. The minimum absolute atomic E-state index is 0.141. The van der Waals surface area contributed by atoms with Crippen molar-refractivity contribution in [2.75, 3.05) is 13.1 Å². The molecule has 1 aromatic rings. The molecule has 0 radical (unpaired) electrons. The standard InChI is InChI=1S/C18H28N2O/c1-3-14(2)17(19)18(21)20-11-9-16(10-12-20)13-15-7-5-4-6-8-15/h4-8,14,16-17H,3,9-13,19H2,1-2H3/t14?,17-/m0/s1. The van der Waals surface area contributed by atoms with Crippen LogP contribution in [-0.2, 0) is 11.2 Å². The largest absolute Gasteiger partial charge is 0.341 e. The third-order valence-electron chi connectivity index (χ3n) is 4.84. The molecule has 1 heterocycles. The molecule has 1 fully saturated rings. The van der Waals surface area contributed by atoms with Crippen LogP contribution in [0.2, 0.25) is 0 Å². The van der Waals surface area contributed by atoms with E-state index in [2.05, 4.69) is 44.2 Å². The third-order valence-corrected chi connectivity index (χ3v) is 4.84. The molecule has 2 atom stereocenters. The van der Waals surface area contributed by atoms with E-state index >= 15 is 0 Å². The Kier molecular flexibility index (Phi) is 5.80. The molecule has 0 bridgehead atoms. The second kappa shape index (κ2) is 7.60. The zero-order valence-electron chi connectivity index (χ0n) is 13.3. The van der Waals surface area contributed by atoms with Crippen molar-refractivity contribution in [3.8, 4) is 0 Å². The number of hydrogen-bond acceptors (Lipinski definition) is 2. The minimum Gasteiger partial charge on any atom is -0.341 e. The van der Waals surface area contributed by atoms with Gasteiger partial charge in [0.25, 0.3) is 0 Å². The van der Waals surface area contributed by atoms with Crippen LogP contribution in [0.1, 0.15) is 38.7 Å². The number of rotatable bonds is 5. The topological polar surface area (TPSA) is 46.3 Å². The fourth-order valence-electron chi connectivity index (χ4n) is 3.01. The lowest BCUT2D eigenvalue weighted by Crippen LogP contribution is -2.49. The van der Waals surface area contributed by atoms with Gasteiger partial charge in [0.1, 0.15) is 0 Å². The molecule has 1 amide bonds. The second-order valence-corrected chi connectivity index (χ2v) is 6.37. The molecule has 3 heteroatoms. The van der Waals surface area contributed by atoms with E-state index in [4.69, 9.17) is 5.73 Å². The van der Waals surface area contributed by atoms with Gasteiger partial charge in [-0.3, -0.25) is 4.79 Å². The Hall–Kier alpha value is -1.35. The van der Waals surface area contributed by atoms with E-state index in [0.29, 0.717) is 5.92 Å². The molecule has 2 N–H and O–H groups in total. The molecule has 1 aliphatic heterocycles. The van der Waals surface area contributed by atoms with Gasteiger partial charge in [0.15, 0.2) is 0 Å². The normalized spacial score (nSPS) is 19.3. The number of benzene rings is 1. The van der Waals surface area contributed by atoms with Crippen LogP contribution in [0.15, 0.2) is 30.3 Å². The summed E-state index contributed by atoms with van der Waals surface area (Å²) in [5.41, 5.74) is 7.47. The maximum absolute atomic E-state index is 12.4. The number of nitrogens with two attached hydrogens (primary N) is 1. The average molecular weight is 288 g/mol. The van der Waals surface area contributed by atoms with Crippen LogP contribution in [0.25, 0.3) is 0 Å². The molecule has 0 saturated carbocycles. The third kappa shape index (κ3) is 4.31. The van der Waals surface area contributed by atoms with Crippen LogP contribution in [0.3, 0.4) is 0 Å². The molecular formula is C18H28N2O. The SMILES string of the molecule is CCC(C)[C@H](N)C(=O)N1CCC(Cc2ccccc2)CC1. The fourth-order valence-corrected chi connectivity index (χ4v) is 3.01. The predicted octanol–water partition coefficient (Wildman–Crippen LogP) is 2.84. The van der Waals surface area contributed by atoms with Crippen LogP contribution in [0.5, 0.6) is 0 Å². The molecule has 1 unspecified atom stereocenters. The number of carbonyl (C=O) groups is 1. The van der Waals surface area contributed by atoms with Gasteiger partial charge in [-0.1, -0.05) is 50.6 Å². The monoisotopic (exact) mass is 288 g/mol. The van der Waals surface area contributed by atoms with E-state index in [1.54, 1.807) is 0 Å². The Morgan fingerprint density at radius 3 is 2.48 bits per heavy atom. The lowest BCUT2D eigenvalue weighted by atomic mass is 9.89. The van der Waals surface area contributed by atoms with Crippen molar-refractivity contribution in [2.24, 2.45) is 17.6 Å². The van der Waals surface area contributed by atoms with E-state index in [0.717, 1.165) is 38.8 Å². The Morgan fingerprint density at radius 1 is 1.29 bits per heavy atom. The highest BCUT2D eigenvalue weighted by Crippen LogP contribution is 2.22. The Bertz CT molecular complexity index is 438. The first-order valence-electron chi connectivity index (χ1n) is 8.20. The summed E-state index contributed by atoms with van der Waals surface area (Å²) in [7, 11) is 0. The zero-order chi connectivity index (χ0) is 15.2. The molecule has 21 heavy (non-hydrogen) atoms. The zero-order valence-corrected chi connectivity index (χ0v) is 13.3. The van der Waals surface area contributed by atoms with E-state index in [1.165, 1.54) is 5.56 Å². The van der Waals surface area contributed by atoms with Crippen molar-refractivity contribution in [1.82, 2.24) is 4.90 Å². The molecule has 2 rings (SSSR count). The number of likely N-dealkylation sites (tertiary alicyclic amines) is 1. The lowest BCUT2D eigenvalue weighted by Gasteiger charge is -2.34. The van der Waals surface area contributed by atoms with Gasteiger partial charge < -0.3 is 10.6 Å². The van der Waals surface area contributed by atoms with Gasteiger partial charge in [-0.05, 0) is 36.7 Å². The first kappa shape index (κ1) is 16.0. The minimum atomic E-state index is -0.333. The molecule has 1 saturated heterocycles. The highest BCUT2D eigenvalue weighted by atomic mass is 16.2. The molecule has 116 valence electrons. The van der Waals surface area contributed by atoms with Crippen LogP contribution >= 0.6 is 0 Å². The van der Waals surface area contributed by atoms with Crippen LogP contribution in [0, 0.1) is 11.8 Å². The van der Waals surface area contributed by atoms with E-state index < -0.39 is 0 Å². The van der Waals surface area contributed by atoms with E-state index in [-0.39, 0.29) is 17.9 Å². The fraction of sp³-hybridized carbons (Fsp3) is 0.611. The van der Waals surface area contributed by atoms with Gasteiger partial charge in [-0.25, -0.2) is 0 Å². The lowest BCUT2D eigenvalue weighted by molar-refractivity contribution is -0.135. The van der Waals surface area contributed by atoms with Gasteiger partial charge in [0.2, 0.25) is 5.91 Å². The van der Waals surface area contributed by atoms with Crippen molar-refractivity contribution < 1.29 is 4.79 Å². The number of nitrogens with zero attached hydrogens (tertiary/aromatic N) is 1. The summed E-state index contributed by atoms with van der Waals surface area (Å²) in [6.07, 6.45) is 4.26. The Morgan fingerprint density at radius 2 is 1.90 bits per heavy atom. The maximum atomic E-state index is 12.4. The van der Waals surface area contributed by atoms with Gasteiger partial charge in [-0.2, -0.15) is 0 Å². The number of piperidine rings is 1. The summed E-state index contributed by atoms with van der Waals surface area (Å²) in [5.74, 6) is 1.10. The highest BCUT2D eigenvalue weighted by Gasteiger charge is 2.28. The van der Waals surface area contributed by atoms with Crippen molar-refractivity contribution >= 4 is 5.91 Å². The summed E-state index contributed by atoms with van der Waals surface area (Å²) in [4.78, 5) is 14.3. The summed E-state index contributed by atoms with van der Waals surface area (Å²) in [6.45, 7) is 5.87. The quantitative estimate of drug-likeness (QED) is 0.905. The summed E-state index contributed by atoms with van der Waals surface area (Å²) < 4.78 is 0. The van der Waals surface area contributed by atoms with Gasteiger partial charge in [0.05, 0.1) is 6.04 Å². The smallest absolute Gasteiger partial charge is 0.239 e. The molecule has 1 aromatic carbocycles. The average Bonchev–Trinajstić information content (AvgIpc) is 2.54. The molecular weight excluding hydrogens is 260 g/mol. The first-order chi connectivity index (χ1) is 10.1. The summed E-state index contributed by atoms with van der Waals surface area (Å²) >= 11 is 0. The van der Waals surface area contributed by atoms with E-state index in [1.807, 2.05) is 4.90 Å². The van der Waals surface area contributed by atoms with Gasteiger partial charge in [0, 0.05) is 13.1 Å². The second-order valence-electron chi connectivity index (χ2n) is 6.37. The summed E-state index contributed by atoms with van der Waals surface area (Å²) in [6, 6.07) is 10.3. The van der Waals surface area contributed by atoms with Crippen LogP contribution in [0.4, 0.5) is 0 Å². The van der Waals surface area contributed by atoms with Gasteiger partial charge in [-0.15, -0.1) is 0 Å². The predicted molar refractivity (Wildman–Crippen MR) is 86.9 cm³/mol. The summed E-state index contributed by atoms with van der Waals surface area (Å²) in [5, 5.41) is 0. The van der Waals surface area contributed by atoms with Crippen molar-refractivity contribution in [2.45, 2.75) is 45.6 Å². The van der Waals surface area contributed by atoms with Gasteiger partial charge >= 0.3 is 0 Å². The van der Waals surface area contributed by atoms with Crippen molar-refractivity contribution in [3.05, 3.63) is 35.9 Å². The van der Waals surface area contributed by atoms with E-state index in [9.17, 15) is 4.79 Å². The molecule has 0 aromatic heterocycles. The van der Waals surface area contributed by atoms with Crippen LogP contribution in [-0.4, -0.2) is 29.9 Å². The maximum Gasteiger partial charge on any atom is 0.239 e. The van der Waals surface area contributed by atoms with Crippen molar-refractivity contribution in [1.29, 1.82) is 0 Å². The highest BCUT2D eigenvalue weighted by molar-refractivity contribution is 5.82. The Labute approximate surface area is 128 Å². The number of amides is 1.